The Bertz CT molecular complexity index is 451. The zero-order valence-corrected chi connectivity index (χ0v) is 8.91. The molecule has 2 rings (SSSR count). The second-order valence-corrected chi connectivity index (χ2v) is 3.28. The van der Waals surface area contributed by atoms with Crippen LogP contribution in [0.4, 0.5) is 0 Å². The van der Waals surface area contributed by atoms with Crippen LogP contribution in [0.15, 0.2) is 49.7 Å². The average molecular weight is 215 g/mol. The van der Waals surface area contributed by atoms with Gasteiger partial charge in [-0.1, -0.05) is 12.7 Å². The highest BCUT2D eigenvalue weighted by molar-refractivity contribution is 5.27. The van der Waals surface area contributed by atoms with Crippen LogP contribution in [0, 0.1) is 0 Å². The van der Waals surface area contributed by atoms with Crippen molar-refractivity contribution in [2.24, 2.45) is 0 Å². The SMILES string of the molecule is C=CCOc1cccnc1Cn1ccnc1. The van der Waals surface area contributed by atoms with Gasteiger partial charge in [-0.3, -0.25) is 4.98 Å². The lowest BCUT2D eigenvalue weighted by Crippen LogP contribution is -2.03. The van der Waals surface area contributed by atoms with Crippen molar-refractivity contribution in [3.05, 3.63) is 55.4 Å². The predicted molar refractivity (Wildman–Crippen MR) is 61.3 cm³/mol. The molecule has 2 heterocycles. The summed E-state index contributed by atoms with van der Waals surface area (Å²) >= 11 is 0. The van der Waals surface area contributed by atoms with Crippen molar-refractivity contribution >= 4 is 0 Å². The minimum Gasteiger partial charge on any atom is -0.488 e. The van der Waals surface area contributed by atoms with E-state index in [4.69, 9.17) is 4.74 Å². The number of imidazole rings is 1. The van der Waals surface area contributed by atoms with E-state index in [2.05, 4.69) is 16.5 Å². The van der Waals surface area contributed by atoms with E-state index in [0.717, 1.165) is 11.4 Å². The molecule has 4 heteroatoms. The Morgan fingerprint density at radius 3 is 3.12 bits per heavy atom. The summed E-state index contributed by atoms with van der Waals surface area (Å²) in [5.41, 5.74) is 0.891. The Morgan fingerprint density at radius 1 is 1.44 bits per heavy atom. The molecule has 16 heavy (non-hydrogen) atoms. The summed E-state index contributed by atoms with van der Waals surface area (Å²) in [6, 6.07) is 3.76. The minimum atomic E-state index is 0.489. The third-order valence-corrected chi connectivity index (χ3v) is 2.10. The van der Waals surface area contributed by atoms with Gasteiger partial charge in [-0.2, -0.15) is 0 Å². The van der Waals surface area contributed by atoms with Gasteiger partial charge in [-0.25, -0.2) is 4.98 Å². The Labute approximate surface area is 94.2 Å². The molecule has 0 amide bonds. The first-order chi connectivity index (χ1) is 7.90. The van der Waals surface area contributed by atoms with Gasteiger partial charge in [-0.05, 0) is 12.1 Å². The maximum atomic E-state index is 5.52. The Kier molecular flexibility index (Phi) is 3.33. The van der Waals surface area contributed by atoms with Crippen LogP contribution in [0.3, 0.4) is 0 Å². The largest absolute Gasteiger partial charge is 0.488 e. The lowest BCUT2D eigenvalue weighted by atomic mass is 10.3. The standard InChI is InChI=1S/C12H13N3O/c1-2-8-16-12-4-3-5-14-11(12)9-15-7-6-13-10-15/h2-7,10H,1,8-9H2. The Hall–Kier alpha value is -2.10. The van der Waals surface area contributed by atoms with E-state index >= 15 is 0 Å². The van der Waals surface area contributed by atoms with Gasteiger partial charge in [-0.15, -0.1) is 0 Å². The van der Waals surface area contributed by atoms with Crippen LogP contribution in [0.25, 0.3) is 0 Å². The monoisotopic (exact) mass is 215 g/mol. The van der Waals surface area contributed by atoms with Crippen LogP contribution < -0.4 is 4.74 Å². The molecule has 82 valence electrons. The first-order valence-corrected chi connectivity index (χ1v) is 5.03. The van der Waals surface area contributed by atoms with E-state index < -0.39 is 0 Å². The molecule has 2 aromatic heterocycles. The third kappa shape index (κ3) is 2.48. The Balaban J connectivity index is 2.16. The summed E-state index contributed by atoms with van der Waals surface area (Å²) in [7, 11) is 0. The molecule has 0 atom stereocenters. The van der Waals surface area contributed by atoms with Crippen LogP contribution in [-0.2, 0) is 6.54 Å². The number of pyridine rings is 1. The number of hydrogen-bond donors (Lipinski definition) is 0. The highest BCUT2D eigenvalue weighted by atomic mass is 16.5. The second-order valence-electron chi connectivity index (χ2n) is 3.28. The average Bonchev–Trinajstić information content (AvgIpc) is 2.81. The normalized spacial score (nSPS) is 10.0. The van der Waals surface area contributed by atoms with Crippen LogP contribution in [0.5, 0.6) is 5.75 Å². The molecule has 0 aliphatic rings. The Morgan fingerprint density at radius 2 is 2.38 bits per heavy atom. The smallest absolute Gasteiger partial charge is 0.143 e. The molecule has 0 aliphatic carbocycles. The summed E-state index contributed by atoms with van der Waals surface area (Å²) in [5.74, 6) is 0.788. The van der Waals surface area contributed by atoms with Gasteiger partial charge in [0.15, 0.2) is 0 Å². The van der Waals surface area contributed by atoms with Crippen LogP contribution >= 0.6 is 0 Å². The molecule has 0 unspecified atom stereocenters. The maximum absolute atomic E-state index is 5.52. The van der Waals surface area contributed by atoms with Crippen molar-refractivity contribution in [2.75, 3.05) is 6.61 Å². The van der Waals surface area contributed by atoms with E-state index in [-0.39, 0.29) is 0 Å². The van der Waals surface area contributed by atoms with E-state index in [0.29, 0.717) is 13.2 Å². The van der Waals surface area contributed by atoms with Gasteiger partial charge in [0.05, 0.1) is 12.9 Å². The predicted octanol–water partition coefficient (Wildman–Crippen LogP) is 1.89. The van der Waals surface area contributed by atoms with Gasteiger partial charge in [0.1, 0.15) is 18.1 Å². The molecular weight excluding hydrogens is 202 g/mol. The summed E-state index contributed by atoms with van der Waals surface area (Å²) in [6.07, 6.45) is 8.87. The molecule has 0 bridgehead atoms. The molecule has 0 saturated heterocycles. The van der Waals surface area contributed by atoms with E-state index in [1.807, 2.05) is 22.9 Å². The molecule has 4 nitrogen and oxygen atoms in total. The van der Waals surface area contributed by atoms with E-state index in [1.54, 1.807) is 24.8 Å². The van der Waals surface area contributed by atoms with E-state index in [1.165, 1.54) is 0 Å². The molecule has 2 aromatic rings. The van der Waals surface area contributed by atoms with Crippen LogP contribution in [0.2, 0.25) is 0 Å². The third-order valence-electron chi connectivity index (χ3n) is 2.10. The number of nitrogens with zero attached hydrogens (tertiary/aromatic N) is 3. The minimum absolute atomic E-state index is 0.489. The van der Waals surface area contributed by atoms with Gasteiger partial charge in [0, 0.05) is 18.6 Å². The molecule has 0 spiro atoms. The van der Waals surface area contributed by atoms with Crippen molar-refractivity contribution in [1.29, 1.82) is 0 Å². The molecule has 0 radical (unpaired) electrons. The number of rotatable bonds is 5. The summed E-state index contributed by atoms with van der Waals surface area (Å²) < 4.78 is 7.47. The molecule has 0 N–H and O–H groups in total. The molecular formula is C12H13N3O. The van der Waals surface area contributed by atoms with Crippen molar-refractivity contribution in [3.8, 4) is 5.75 Å². The summed E-state index contributed by atoms with van der Waals surface area (Å²) in [4.78, 5) is 8.29. The molecule has 0 aliphatic heterocycles. The fourth-order valence-corrected chi connectivity index (χ4v) is 1.38. The highest BCUT2D eigenvalue weighted by Gasteiger charge is 2.04. The van der Waals surface area contributed by atoms with Crippen molar-refractivity contribution in [1.82, 2.24) is 14.5 Å². The first-order valence-electron chi connectivity index (χ1n) is 5.03. The molecule has 0 aromatic carbocycles. The first kappa shape index (κ1) is 10.4. The summed E-state index contributed by atoms with van der Waals surface area (Å²) in [5, 5.41) is 0. The number of ether oxygens (including phenoxy) is 1. The fourth-order valence-electron chi connectivity index (χ4n) is 1.38. The highest BCUT2D eigenvalue weighted by Crippen LogP contribution is 2.16. The number of aromatic nitrogens is 3. The van der Waals surface area contributed by atoms with Gasteiger partial charge in [0.25, 0.3) is 0 Å². The van der Waals surface area contributed by atoms with Crippen molar-refractivity contribution in [3.63, 3.8) is 0 Å². The lowest BCUT2D eigenvalue weighted by Gasteiger charge is -2.09. The molecule has 0 fully saturated rings. The van der Waals surface area contributed by atoms with Crippen LogP contribution in [-0.4, -0.2) is 21.1 Å². The van der Waals surface area contributed by atoms with Crippen LogP contribution in [0.1, 0.15) is 5.69 Å². The van der Waals surface area contributed by atoms with Gasteiger partial charge < -0.3 is 9.30 Å². The van der Waals surface area contributed by atoms with Gasteiger partial charge >= 0.3 is 0 Å². The van der Waals surface area contributed by atoms with Crippen molar-refractivity contribution in [2.45, 2.75) is 6.54 Å². The fraction of sp³-hybridized carbons (Fsp3) is 0.167. The topological polar surface area (TPSA) is 39.9 Å². The lowest BCUT2D eigenvalue weighted by molar-refractivity contribution is 0.356. The zero-order chi connectivity index (χ0) is 11.2. The maximum Gasteiger partial charge on any atom is 0.143 e. The van der Waals surface area contributed by atoms with Crippen molar-refractivity contribution < 1.29 is 4.74 Å². The number of hydrogen-bond acceptors (Lipinski definition) is 3. The quantitative estimate of drug-likeness (QED) is 0.715. The summed E-state index contributed by atoms with van der Waals surface area (Å²) in [6.45, 7) is 4.77. The second kappa shape index (κ2) is 5.11. The zero-order valence-electron chi connectivity index (χ0n) is 8.91. The molecule has 0 saturated carbocycles. The van der Waals surface area contributed by atoms with Gasteiger partial charge in [0.2, 0.25) is 0 Å². The van der Waals surface area contributed by atoms with E-state index in [9.17, 15) is 0 Å².